The van der Waals surface area contributed by atoms with Crippen LogP contribution in [-0.4, -0.2) is 31.6 Å². The summed E-state index contributed by atoms with van der Waals surface area (Å²) in [6.07, 6.45) is 1.20. The van der Waals surface area contributed by atoms with Crippen LogP contribution in [0.5, 0.6) is 0 Å². The quantitative estimate of drug-likeness (QED) is 0.369. The van der Waals surface area contributed by atoms with Gasteiger partial charge in [-0.2, -0.15) is 5.10 Å². The van der Waals surface area contributed by atoms with Gasteiger partial charge in [0.05, 0.1) is 16.7 Å². The normalized spacial score (nSPS) is 11.3. The second kappa shape index (κ2) is 9.41. The minimum atomic E-state index is -3.94. The molecule has 1 amide bonds. The summed E-state index contributed by atoms with van der Waals surface area (Å²) in [5, 5.41) is 13.4. The molecule has 0 aliphatic carbocycles. The smallest absolute Gasteiger partial charge is 0.336 e. The molecule has 158 valence electrons. The van der Waals surface area contributed by atoms with Crippen molar-refractivity contribution in [2.75, 3.05) is 4.72 Å². The fourth-order valence-corrected chi connectivity index (χ4v) is 3.80. The molecule has 3 aromatic rings. The number of anilines is 1. The molecule has 0 radical (unpaired) electrons. The number of hydrogen-bond donors (Lipinski definition) is 3. The van der Waals surface area contributed by atoms with Crippen molar-refractivity contribution in [3.63, 3.8) is 0 Å². The lowest BCUT2D eigenvalue weighted by Gasteiger charge is -2.09. The van der Waals surface area contributed by atoms with Crippen LogP contribution in [0.25, 0.3) is 0 Å². The average Bonchev–Trinajstić information content (AvgIpc) is 2.75. The minimum absolute atomic E-state index is 0.0295. The molecule has 3 aromatic carbocycles. The van der Waals surface area contributed by atoms with Crippen molar-refractivity contribution in [2.45, 2.75) is 4.90 Å². The molecule has 0 aromatic heterocycles. The van der Waals surface area contributed by atoms with Gasteiger partial charge in [-0.15, -0.1) is 0 Å². The van der Waals surface area contributed by atoms with Gasteiger partial charge in [-0.25, -0.2) is 18.6 Å². The maximum Gasteiger partial charge on any atom is 0.336 e. The summed E-state index contributed by atoms with van der Waals surface area (Å²) in [6.45, 7) is 0. The fraction of sp³-hybridized carbons (Fsp3) is 0. The summed E-state index contributed by atoms with van der Waals surface area (Å²) < 4.78 is 27.6. The number of hydrazone groups is 1. The van der Waals surface area contributed by atoms with Crippen molar-refractivity contribution < 1.29 is 23.1 Å². The van der Waals surface area contributed by atoms with Crippen molar-refractivity contribution >= 4 is 45.4 Å². The Hall–Kier alpha value is -3.69. The number of carbonyl (C=O) groups is 2. The molecule has 0 saturated carbocycles. The third-order valence-corrected chi connectivity index (χ3v) is 5.69. The topological polar surface area (TPSA) is 125 Å². The van der Waals surface area contributed by atoms with Crippen LogP contribution in [0.3, 0.4) is 0 Å². The lowest BCUT2D eigenvalue weighted by molar-refractivity contribution is 0.0696. The molecule has 3 N–H and O–H groups in total. The van der Waals surface area contributed by atoms with Gasteiger partial charge in [0.1, 0.15) is 0 Å². The van der Waals surface area contributed by atoms with Crippen LogP contribution in [0.2, 0.25) is 5.02 Å². The van der Waals surface area contributed by atoms with E-state index in [0.29, 0.717) is 16.3 Å². The van der Waals surface area contributed by atoms with Gasteiger partial charge in [-0.05, 0) is 48.5 Å². The van der Waals surface area contributed by atoms with E-state index in [9.17, 15) is 18.0 Å². The van der Waals surface area contributed by atoms with Gasteiger partial charge < -0.3 is 5.11 Å². The van der Waals surface area contributed by atoms with E-state index in [2.05, 4.69) is 15.2 Å². The second-order valence-electron chi connectivity index (χ2n) is 6.23. The summed E-state index contributed by atoms with van der Waals surface area (Å²) in [7, 11) is -3.94. The standard InChI is InChI=1S/C21H16ClN3O5S/c22-16-8-10-17(11-9-16)25-31(29,30)18-6-3-5-14(12-18)20(26)24-23-13-15-4-1-2-7-19(15)21(27)28/h1-13,25H,(H,24,26)(H,27,28)/b23-13+. The van der Waals surface area contributed by atoms with E-state index in [1.807, 2.05) is 0 Å². The van der Waals surface area contributed by atoms with Crippen LogP contribution in [0.15, 0.2) is 82.8 Å². The van der Waals surface area contributed by atoms with Gasteiger partial charge in [-0.1, -0.05) is 35.9 Å². The highest BCUT2D eigenvalue weighted by atomic mass is 35.5. The SMILES string of the molecule is O=C(N/N=C/c1ccccc1C(=O)O)c1cccc(S(=O)(=O)Nc2ccc(Cl)cc2)c1. The first-order valence-corrected chi connectivity index (χ1v) is 10.7. The van der Waals surface area contributed by atoms with Crippen molar-refractivity contribution in [1.82, 2.24) is 5.43 Å². The molecular weight excluding hydrogens is 442 g/mol. The number of amides is 1. The van der Waals surface area contributed by atoms with Gasteiger partial charge in [-0.3, -0.25) is 9.52 Å². The molecule has 0 heterocycles. The Morgan fingerprint density at radius 1 is 0.968 bits per heavy atom. The van der Waals surface area contributed by atoms with Crippen LogP contribution in [-0.2, 0) is 10.0 Å². The summed E-state index contributed by atoms with van der Waals surface area (Å²) in [5.74, 6) is -1.79. The highest BCUT2D eigenvalue weighted by Crippen LogP contribution is 2.19. The third kappa shape index (κ3) is 5.68. The molecule has 0 saturated heterocycles. The van der Waals surface area contributed by atoms with E-state index >= 15 is 0 Å². The number of benzene rings is 3. The number of sulfonamides is 1. The summed E-state index contributed by atoms with van der Waals surface area (Å²) >= 11 is 5.80. The number of carboxylic acid groups (broad SMARTS) is 1. The Kier molecular flexibility index (Phi) is 6.68. The number of carbonyl (C=O) groups excluding carboxylic acids is 1. The van der Waals surface area contributed by atoms with Crippen LogP contribution >= 0.6 is 11.6 Å². The van der Waals surface area contributed by atoms with Crippen LogP contribution in [0.1, 0.15) is 26.3 Å². The molecular formula is C21H16ClN3O5S. The zero-order chi connectivity index (χ0) is 22.4. The molecule has 0 aliphatic heterocycles. The van der Waals surface area contributed by atoms with Crippen LogP contribution < -0.4 is 10.1 Å². The monoisotopic (exact) mass is 457 g/mol. The van der Waals surface area contributed by atoms with E-state index in [4.69, 9.17) is 16.7 Å². The molecule has 0 spiro atoms. The highest BCUT2D eigenvalue weighted by molar-refractivity contribution is 7.92. The van der Waals surface area contributed by atoms with Crippen LogP contribution in [0, 0.1) is 0 Å². The first-order valence-electron chi connectivity index (χ1n) is 8.80. The number of rotatable bonds is 7. The Morgan fingerprint density at radius 3 is 2.39 bits per heavy atom. The molecule has 3 rings (SSSR count). The predicted molar refractivity (Wildman–Crippen MR) is 117 cm³/mol. The lowest BCUT2D eigenvalue weighted by atomic mass is 10.1. The van der Waals surface area contributed by atoms with Gasteiger partial charge in [0.15, 0.2) is 0 Å². The maximum absolute atomic E-state index is 12.6. The number of nitrogens with zero attached hydrogens (tertiary/aromatic N) is 1. The molecule has 31 heavy (non-hydrogen) atoms. The number of aromatic carboxylic acids is 1. The van der Waals surface area contributed by atoms with E-state index in [1.54, 1.807) is 24.3 Å². The van der Waals surface area contributed by atoms with E-state index < -0.39 is 21.9 Å². The summed E-state index contributed by atoms with van der Waals surface area (Å²) in [5.41, 5.74) is 2.97. The summed E-state index contributed by atoms with van der Waals surface area (Å²) in [4.78, 5) is 23.4. The molecule has 0 unspecified atom stereocenters. The number of carboxylic acids is 1. The fourth-order valence-electron chi connectivity index (χ4n) is 2.57. The highest BCUT2D eigenvalue weighted by Gasteiger charge is 2.16. The van der Waals surface area contributed by atoms with Gasteiger partial charge >= 0.3 is 5.97 Å². The molecule has 0 atom stereocenters. The number of hydrogen-bond acceptors (Lipinski definition) is 5. The molecule has 0 bridgehead atoms. The molecule has 10 heteroatoms. The third-order valence-electron chi connectivity index (χ3n) is 4.06. The Balaban J connectivity index is 1.74. The maximum atomic E-state index is 12.6. The molecule has 0 aliphatic rings. The average molecular weight is 458 g/mol. The number of halogens is 1. The molecule has 8 nitrogen and oxygen atoms in total. The van der Waals surface area contributed by atoms with Gasteiger partial charge in [0.2, 0.25) is 0 Å². The zero-order valence-electron chi connectivity index (χ0n) is 15.8. The van der Waals surface area contributed by atoms with E-state index in [1.165, 1.54) is 54.7 Å². The van der Waals surface area contributed by atoms with Crippen LogP contribution in [0.4, 0.5) is 5.69 Å². The first kappa shape index (κ1) is 22.0. The van der Waals surface area contributed by atoms with Crippen molar-refractivity contribution in [3.05, 3.63) is 94.5 Å². The summed E-state index contributed by atoms with van der Waals surface area (Å²) in [6, 6.07) is 17.7. The predicted octanol–water partition coefficient (Wildman–Crippen LogP) is 3.60. The molecule has 0 fully saturated rings. The van der Waals surface area contributed by atoms with E-state index in [0.717, 1.165) is 0 Å². The van der Waals surface area contributed by atoms with Crippen molar-refractivity contribution in [1.29, 1.82) is 0 Å². The Bertz CT molecular complexity index is 1260. The van der Waals surface area contributed by atoms with Gasteiger partial charge in [0, 0.05) is 21.8 Å². The lowest BCUT2D eigenvalue weighted by Crippen LogP contribution is -2.19. The number of nitrogens with one attached hydrogen (secondary N) is 2. The first-order chi connectivity index (χ1) is 14.8. The minimum Gasteiger partial charge on any atom is -0.478 e. The zero-order valence-corrected chi connectivity index (χ0v) is 17.4. The second-order valence-corrected chi connectivity index (χ2v) is 8.35. The van der Waals surface area contributed by atoms with Crippen molar-refractivity contribution in [2.24, 2.45) is 5.10 Å². The largest absolute Gasteiger partial charge is 0.478 e. The van der Waals surface area contributed by atoms with Gasteiger partial charge in [0.25, 0.3) is 15.9 Å². The Morgan fingerprint density at radius 2 is 1.68 bits per heavy atom. The Labute approximate surface area is 183 Å². The van der Waals surface area contributed by atoms with Crippen molar-refractivity contribution in [3.8, 4) is 0 Å². The van der Waals surface area contributed by atoms with E-state index in [-0.39, 0.29) is 16.0 Å².